The molecule has 26 heavy (non-hydrogen) atoms. The second-order valence-corrected chi connectivity index (χ2v) is 6.45. The largest absolute Gasteiger partial charge is 0.322 e. The van der Waals surface area contributed by atoms with Gasteiger partial charge in [0, 0.05) is 23.4 Å². The van der Waals surface area contributed by atoms with E-state index >= 15 is 0 Å². The minimum absolute atomic E-state index is 0.00147. The van der Waals surface area contributed by atoms with Crippen LogP contribution in [0.5, 0.6) is 0 Å². The Morgan fingerprint density at radius 1 is 1.04 bits per heavy atom. The molecule has 1 amide bonds. The predicted octanol–water partition coefficient (Wildman–Crippen LogP) is 3.53. The first-order valence-corrected chi connectivity index (χ1v) is 9.16. The van der Waals surface area contributed by atoms with Crippen molar-refractivity contribution in [2.45, 2.75) is 18.6 Å². The van der Waals surface area contributed by atoms with Crippen LogP contribution in [0.25, 0.3) is 0 Å². The average Bonchev–Trinajstić information content (AvgIpc) is 3.15. The molecular weight excluding hydrogens is 348 g/mol. The number of Topliss-reactive ketones (excluding diaryl/α,β-unsaturated/α-hetero) is 1. The summed E-state index contributed by atoms with van der Waals surface area (Å²) in [5.74, 6) is 0.106. The summed E-state index contributed by atoms with van der Waals surface area (Å²) in [4.78, 5) is 24.5. The Bertz CT molecular complexity index is 891. The quantitative estimate of drug-likeness (QED) is 0.511. The molecule has 0 aliphatic carbocycles. The number of amides is 1. The monoisotopic (exact) mass is 366 g/mol. The summed E-state index contributed by atoms with van der Waals surface area (Å²) in [5, 5.41) is 11.4. The van der Waals surface area contributed by atoms with Gasteiger partial charge in [0.15, 0.2) is 10.9 Å². The van der Waals surface area contributed by atoms with Crippen molar-refractivity contribution in [3.63, 3.8) is 0 Å². The SMILES string of the molecule is CCn1cnnc1SCC(=O)c1ccc(NC(=O)c2ccccc2)cc1. The van der Waals surface area contributed by atoms with E-state index in [9.17, 15) is 9.59 Å². The summed E-state index contributed by atoms with van der Waals surface area (Å²) < 4.78 is 1.89. The Labute approximate surface area is 155 Å². The highest BCUT2D eigenvalue weighted by atomic mass is 32.2. The summed E-state index contributed by atoms with van der Waals surface area (Å²) in [6, 6.07) is 15.9. The van der Waals surface area contributed by atoms with Crippen molar-refractivity contribution in [3.8, 4) is 0 Å². The molecule has 0 fully saturated rings. The third-order valence-corrected chi connectivity index (χ3v) is 4.73. The molecule has 3 rings (SSSR count). The molecule has 132 valence electrons. The lowest BCUT2D eigenvalue weighted by Gasteiger charge is -2.06. The highest BCUT2D eigenvalue weighted by molar-refractivity contribution is 7.99. The number of nitrogens with zero attached hydrogens (tertiary/aromatic N) is 3. The van der Waals surface area contributed by atoms with Crippen molar-refractivity contribution in [2.75, 3.05) is 11.1 Å². The second-order valence-electron chi connectivity index (χ2n) is 5.51. The first-order chi connectivity index (χ1) is 12.7. The molecule has 3 aromatic rings. The molecular formula is C19H18N4O2S. The lowest BCUT2D eigenvalue weighted by atomic mass is 10.1. The number of benzene rings is 2. The molecule has 0 unspecified atom stereocenters. The van der Waals surface area contributed by atoms with Gasteiger partial charge < -0.3 is 9.88 Å². The standard InChI is InChI=1S/C19H18N4O2S/c1-2-23-13-20-22-19(23)26-12-17(24)14-8-10-16(11-9-14)21-18(25)15-6-4-3-5-7-15/h3-11,13H,2,12H2,1H3,(H,21,25). The third kappa shape index (κ3) is 4.37. The Hall–Kier alpha value is -2.93. The van der Waals surface area contributed by atoms with Gasteiger partial charge in [-0.15, -0.1) is 10.2 Å². The number of thioether (sulfide) groups is 1. The van der Waals surface area contributed by atoms with E-state index in [1.807, 2.05) is 29.7 Å². The summed E-state index contributed by atoms with van der Waals surface area (Å²) in [7, 11) is 0. The summed E-state index contributed by atoms with van der Waals surface area (Å²) in [6.07, 6.45) is 1.65. The molecule has 1 heterocycles. The van der Waals surface area contributed by atoms with E-state index < -0.39 is 0 Å². The van der Waals surface area contributed by atoms with Gasteiger partial charge in [-0.05, 0) is 43.3 Å². The first-order valence-electron chi connectivity index (χ1n) is 8.17. The van der Waals surface area contributed by atoms with Gasteiger partial charge in [0.25, 0.3) is 5.91 Å². The van der Waals surface area contributed by atoms with Gasteiger partial charge in [-0.3, -0.25) is 9.59 Å². The predicted molar refractivity (Wildman–Crippen MR) is 102 cm³/mol. The van der Waals surface area contributed by atoms with E-state index in [0.29, 0.717) is 16.8 Å². The molecule has 1 N–H and O–H groups in total. The summed E-state index contributed by atoms with van der Waals surface area (Å²) in [5.41, 5.74) is 1.83. The van der Waals surface area contributed by atoms with Crippen LogP contribution in [0.15, 0.2) is 66.1 Å². The maximum absolute atomic E-state index is 12.3. The van der Waals surface area contributed by atoms with Crippen molar-refractivity contribution in [1.29, 1.82) is 0 Å². The first kappa shape index (κ1) is 17.9. The number of carbonyl (C=O) groups excluding carboxylic acids is 2. The molecule has 0 aliphatic heterocycles. The van der Waals surface area contributed by atoms with Gasteiger partial charge >= 0.3 is 0 Å². The van der Waals surface area contributed by atoms with E-state index in [1.165, 1.54) is 11.8 Å². The van der Waals surface area contributed by atoms with Crippen molar-refractivity contribution in [1.82, 2.24) is 14.8 Å². The van der Waals surface area contributed by atoms with Crippen LogP contribution >= 0.6 is 11.8 Å². The van der Waals surface area contributed by atoms with Crippen LogP contribution in [0.4, 0.5) is 5.69 Å². The topological polar surface area (TPSA) is 76.9 Å². The average molecular weight is 366 g/mol. The number of rotatable bonds is 7. The molecule has 0 saturated carbocycles. The zero-order valence-corrected chi connectivity index (χ0v) is 15.1. The number of carbonyl (C=O) groups is 2. The van der Waals surface area contributed by atoms with Gasteiger partial charge in [-0.2, -0.15) is 0 Å². The van der Waals surface area contributed by atoms with E-state index in [2.05, 4.69) is 15.5 Å². The number of ketones is 1. The van der Waals surface area contributed by atoms with Crippen molar-refractivity contribution in [2.24, 2.45) is 0 Å². The second kappa shape index (κ2) is 8.44. The lowest BCUT2D eigenvalue weighted by Crippen LogP contribution is -2.12. The van der Waals surface area contributed by atoms with E-state index in [-0.39, 0.29) is 17.4 Å². The number of hydrogen-bond acceptors (Lipinski definition) is 5. The fourth-order valence-corrected chi connectivity index (χ4v) is 3.19. The van der Waals surface area contributed by atoms with Crippen molar-refractivity contribution in [3.05, 3.63) is 72.1 Å². The van der Waals surface area contributed by atoms with Gasteiger partial charge in [-0.1, -0.05) is 30.0 Å². The molecule has 6 nitrogen and oxygen atoms in total. The molecule has 0 spiro atoms. The van der Waals surface area contributed by atoms with Crippen molar-refractivity contribution < 1.29 is 9.59 Å². The number of anilines is 1. The molecule has 1 aromatic heterocycles. The van der Waals surface area contributed by atoms with Crippen LogP contribution in [0, 0.1) is 0 Å². The van der Waals surface area contributed by atoms with Crippen LogP contribution in [0.1, 0.15) is 27.6 Å². The molecule has 7 heteroatoms. The molecule has 0 radical (unpaired) electrons. The molecule has 0 bridgehead atoms. The minimum Gasteiger partial charge on any atom is -0.322 e. The van der Waals surface area contributed by atoms with Gasteiger partial charge in [0.1, 0.15) is 6.33 Å². The highest BCUT2D eigenvalue weighted by Crippen LogP contribution is 2.18. The van der Waals surface area contributed by atoms with Crippen LogP contribution < -0.4 is 5.32 Å². The molecule has 0 aliphatic rings. The maximum atomic E-state index is 12.3. The molecule has 0 saturated heterocycles. The number of hydrogen-bond donors (Lipinski definition) is 1. The van der Waals surface area contributed by atoms with E-state index in [1.54, 1.807) is 42.7 Å². The number of aromatic nitrogens is 3. The number of aryl methyl sites for hydroxylation is 1. The van der Waals surface area contributed by atoms with E-state index in [0.717, 1.165) is 11.7 Å². The lowest BCUT2D eigenvalue weighted by molar-refractivity contribution is 0.101. The zero-order chi connectivity index (χ0) is 18.4. The Balaban J connectivity index is 1.58. The summed E-state index contributed by atoms with van der Waals surface area (Å²) in [6.45, 7) is 2.76. The maximum Gasteiger partial charge on any atom is 0.255 e. The van der Waals surface area contributed by atoms with Gasteiger partial charge in [0.05, 0.1) is 5.75 Å². The molecule has 0 atom stereocenters. The Morgan fingerprint density at radius 3 is 2.46 bits per heavy atom. The van der Waals surface area contributed by atoms with Crippen LogP contribution in [-0.2, 0) is 6.54 Å². The fraction of sp³-hybridized carbons (Fsp3) is 0.158. The van der Waals surface area contributed by atoms with E-state index in [4.69, 9.17) is 0 Å². The van der Waals surface area contributed by atoms with Crippen LogP contribution in [0.2, 0.25) is 0 Å². The third-order valence-electron chi connectivity index (χ3n) is 3.75. The van der Waals surface area contributed by atoms with Gasteiger partial charge in [-0.25, -0.2) is 0 Å². The normalized spacial score (nSPS) is 10.5. The Morgan fingerprint density at radius 2 is 1.77 bits per heavy atom. The fourth-order valence-electron chi connectivity index (χ4n) is 2.32. The van der Waals surface area contributed by atoms with Crippen molar-refractivity contribution >= 4 is 29.1 Å². The minimum atomic E-state index is -0.181. The van der Waals surface area contributed by atoms with Crippen LogP contribution in [-0.4, -0.2) is 32.2 Å². The smallest absolute Gasteiger partial charge is 0.255 e. The Kier molecular flexibility index (Phi) is 5.80. The summed E-state index contributed by atoms with van der Waals surface area (Å²) >= 11 is 1.36. The number of nitrogens with one attached hydrogen (secondary N) is 1. The van der Waals surface area contributed by atoms with Crippen LogP contribution in [0.3, 0.4) is 0 Å². The highest BCUT2D eigenvalue weighted by Gasteiger charge is 2.11. The molecule has 2 aromatic carbocycles. The van der Waals surface area contributed by atoms with Gasteiger partial charge in [0.2, 0.25) is 0 Å². The zero-order valence-electron chi connectivity index (χ0n) is 14.3.